The first-order valence-corrected chi connectivity index (χ1v) is 43.9. The first-order chi connectivity index (χ1) is 63.5. The van der Waals surface area contributed by atoms with Crippen molar-refractivity contribution in [1.29, 1.82) is 0 Å². The summed E-state index contributed by atoms with van der Waals surface area (Å²) < 4.78 is 0. The lowest BCUT2D eigenvalue weighted by Gasteiger charge is -2.29. The SMILES string of the molecule is c1ccc(N(c2ccc(-c3ccccc3-c3ccc(N(c4ccc(-c5cccc6ccccc56)cc4)c4cccc(-c5cccc6c(-c7ccc(N(c8ccccc8)c8ccccc8-c8cccc(-c9ccccc9N(c9ccccc9)c9ccc(-c%10cccc%11ccccc%10%11)cc9)c8)cc7)cccc56)c4)cc3)cc2)c2ccc(-c3cccc4ccccc34)cc2)cc1. The van der Waals surface area contributed by atoms with Crippen LogP contribution >= 0.6 is 0 Å². The summed E-state index contributed by atoms with van der Waals surface area (Å²) in [7, 11) is 0. The molecule has 602 valence electrons. The molecule has 0 saturated heterocycles. The summed E-state index contributed by atoms with van der Waals surface area (Å²) in [6.07, 6.45) is 0. The standard InChI is InChI=1S/C124H86N4/c1-4-38-99(39-5-1)125(103-75-63-92(64-76-103)114-52-24-32-87-29-10-13-45-109(87)114)102-73-61-90(62-74-102)112-48-16-17-49-113(112)91-65-77-104(78-66-91)126(105-79-67-93(68-80-105)115-53-25-33-88-30-11-14-46-110(88)115)108-44-23-37-98(86-108)118-56-28-57-121-117(55-27-58-122(118)121)95-71-83-107(84-72-95)128(101-42-8-3-9-43-101)124-60-21-19-51-120(124)97-36-22-35-96(85-97)119-50-18-20-59-123(119)127(100-40-6-2-7-41-100)106-81-69-94(70-82-106)116-54-26-34-89-31-12-15-47-111(89)116/h1-86H. The summed E-state index contributed by atoms with van der Waals surface area (Å²) in [4.78, 5) is 9.53. The molecule has 0 aliphatic heterocycles. The highest BCUT2D eigenvalue weighted by atomic mass is 15.2. The van der Waals surface area contributed by atoms with Crippen LogP contribution in [0.5, 0.6) is 0 Å². The van der Waals surface area contributed by atoms with Gasteiger partial charge in [0.1, 0.15) is 0 Å². The van der Waals surface area contributed by atoms with Crippen LogP contribution in [0.1, 0.15) is 0 Å². The Morgan fingerprint density at radius 2 is 0.305 bits per heavy atom. The Morgan fingerprint density at radius 3 is 0.664 bits per heavy atom. The molecule has 0 unspecified atom stereocenters. The van der Waals surface area contributed by atoms with Crippen LogP contribution in [0.3, 0.4) is 0 Å². The predicted octanol–water partition coefficient (Wildman–Crippen LogP) is 35.2. The Labute approximate surface area is 747 Å². The number of nitrogens with zero attached hydrogens (tertiary/aromatic N) is 4. The zero-order valence-corrected chi connectivity index (χ0v) is 70.4. The van der Waals surface area contributed by atoms with Gasteiger partial charge in [-0.05, 0) is 272 Å². The maximum atomic E-state index is 2.40. The predicted molar refractivity (Wildman–Crippen MR) is 544 cm³/mol. The van der Waals surface area contributed by atoms with Crippen LogP contribution in [0.25, 0.3) is 143 Å². The second-order valence-electron chi connectivity index (χ2n) is 32.6. The average molecular weight is 1630 g/mol. The van der Waals surface area contributed by atoms with E-state index in [4.69, 9.17) is 0 Å². The van der Waals surface area contributed by atoms with Crippen LogP contribution in [0.2, 0.25) is 0 Å². The Balaban J connectivity index is 0.569. The Kier molecular flexibility index (Phi) is 20.7. The fourth-order valence-corrected chi connectivity index (χ4v) is 18.9. The lowest BCUT2D eigenvalue weighted by molar-refractivity contribution is 1.28. The Hall–Kier alpha value is -16.9. The van der Waals surface area contributed by atoms with Crippen molar-refractivity contribution in [3.05, 3.63) is 522 Å². The normalized spacial score (nSPS) is 11.3. The molecule has 4 nitrogen and oxygen atoms in total. The number of anilines is 12. The summed E-state index contributed by atoms with van der Waals surface area (Å²) in [6, 6.07) is 190. The van der Waals surface area contributed by atoms with Crippen molar-refractivity contribution < 1.29 is 0 Å². The molecule has 0 amide bonds. The molecule has 22 aromatic rings. The third kappa shape index (κ3) is 15.0. The summed E-state index contributed by atoms with van der Waals surface area (Å²) in [5.74, 6) is 0. The first kappa shape index (κ1) is 77.2. The molecule has 22 rings (SSSR count). The summed E-state index contributed by atoms with van der Waals surface area (Å²) >= 11 is 0. The highest BCUT2D eigenvalue weighted by molar-refractivity contribution is 6.07. The number of para-hydroxylation sites is 5. The number of hydrogen-bond donors (Lipinski definition) is 0. The first-order valence-electron chi connectivity index (χ1n) is 43.9. The molecule has 0 fully saturated rings. The van der Waals surface area contributed by atoms with Crippen molar-refractivity contribution in [2.45, 2.75) is 0 Å². The van der Waals surface area contributed by atoms with E-state index >= 15 is 0 Å². The summed E-state index contributed by atoms with van der Waals surface area (Å²) in [5, 5.41) is 9.77. The number of rotatable bonds is 21. The van der Waals surface area contributed by atoms with Gasteiger partial charge in [-0.3, -0.25) is 0 Å². The zero-order valence-electron chi connectivity index (χ0n) is 70.4. The minimum absolute atomic E-state index is 1.05. The molecule has 0 N–H and O–H groups in total. The van der Waals surface area contributed by atoms with E-state index in [0.29, 0.717) is 0 Å². The molecule has 0 atom stereocenters. The molecule has 4 heteroatoms. The molecule has 0 heterocycles. The molecular weight excluding hydrogens is 1550 g/mol. The number of hydrogen-bond acceptors (Lipinski definition) is 4. The van der Waals surface area contributed by atoms with Crippen molar-refractivity contribution in [1.82, 2.24) is 0 Å². The van der Waals surface area contributed by atoms with Gasteiger partial charge in [0.2, 0.25) is 0 Å². The molecule has 0 saturated carbocycles. The van der Waals surface area contributed by atoms with Gasteiger partial charge in [-0.1, -0.05) is 382 Å². The van der Waals surface area contributed by atoms with Gasteiger partial charge in [0.25, 0.3) is 0 Å². The molecule has 0 bridgehead atoms. The van der Waals surface area contributed by atoms with E-state index < -0.39 is 0 Å². The molecule has 128 heavy (non-hydrogen) atoms. The van der Waals surface area contributed by atoms with Crippen molar-refractivity contribution in [3.8, 4) is 100 Å². The smallest absolute Gasteiger partial charge is 0.0540 e. The minimum Gasteiger partial charge on any atom is -0.311 e. The van der Waals surface area contributed by atoms with Gasteiger partial charge in [0.15, 0.2) is 0 Å². The van der Waals surface area contributed by atoms with Gasteiger partial charge in [0, 0.05) is 68.0 Å². The topological polar surface area (TPSA) is 13.0 Å². The Morgan fingerprint density at radius 1 is 0.102 bits per heavy atom. The summed E-state index contributed by atoms with van der Waals surface area (Å²) in [5.41, 5.74) is 33.6. The average Bonchev–Trinajstić information content (AvgIpc) is 0.964. The van der Waals surface area contributed by atoms with E-state index in [-0.39, 0.29) is 0 Å². The van der Waals surface area contributed by atoms with Gasteiger partial charge in [-0.15, -0.1) is 0 Å². The third-order valence-electron chi connectivity index (χ3n) is 25.1. The molecule has 0 spiro atoms. The molecule has 0 radical (unpaired) electrons. The van der Waals surface area contributed by atoms with E-state index in [1.807, 2.05) is 0 Å². The van der Waals surface area contributed by atoms with Crippen LogP contribution in [-0.4, -0.2) is 0 Å². The maximum absolute atomic E-state index is 2.40. The van der Waals surface area contributed by atoms with Crippen LogP contribution in [0.15, 0.2) is 522 Å². The van der Waals surface area contributed by atoms with E-state index in [1.54, 1.807) is 0 Å². The van der Waals surface area contributed by atoms with Crippen LogP contribution < -0.4 is 19.6 Å². The molecule has 0 aliphatic carbocycles. The molecule has 22 aromatic carbocycles. The van der Waals surface area contributed by atoms with Gasteiger partial charge in [0.05, 0.1) is 11.4 Å². The van der Waals surface area contributed by atoms with Crippen molar-refractivity contribution in [2.75, 3.05) is 19.6 Å². The van der Waals surface area contributed by atoms with E-state index in [9.17, 15) is 0 Å². The molecule has 0 aromatic heterocycles. The van der Waals surface area contributed by atoms with Crippen LogP contribution in [0.4, 0.5) is 68.2 Å². The van der Waals surface area contributed by atoms with Gasteiger partial charge in [-0.25, -0.2) is 0 Å². The maximum Gasteiger partial charge on any atom is 0.0540 e. The second kappa shape index (κ2) is 34.4. The monoisotopic (exact) mass is 1630 g/mol. The lowest BCUT2D eigenvalue weighted by atomic mass is 9.92. The highest BCUT2D eigenvalue weighted by Crippen LogP contribution is 2.49. The quantitative estimate of drug-likeness (QED) is 0.0711. The lowest BCUT2D eigenvalue weighted by Crippen LogP contribution is -2.11. The van der Waals surface area contributed by atoms with Gasteiger partial charge < -0.3 is 19.6 Å². The Bertz CT molecular complexity index is 7750. The van der Waals surface area contributed by atoms with Crippen LogP contribution in [-0.2, 0) is 0 Å². The van der Waals surface area contributed by atoms with Gasteiger partial charge >= 0.3 is 0 Å². The van der Waals surface area contributed by atoms with E-state index in [0.717, 1.165) is 141 Å². The van der Waals surface area contributed by atoms with Gasteiger partial charge in [-0.2, -0.15) is 0 Å². The fraction of sp³-hybridized carbons (Fsp3) is 0. The van der Waals surface area contributed by atoms with Crippen molar-refractivity contribution in [3.63, 3.8) is 0 Å². The zero-order chi connectivity index (χ0) is 85.1. The fourth-order valence-electron chi connectivity index (χ4n) is 18.9. The third-order valence-corrected chi connectivity index (χ3v) is 25.1. The second-order valence-corrected chi connectivity index (χ2v) is 32.6. The van der Waals surface area contributed by atoms with Crippen LogP contribution in [0, 0.1) is 0 Å². The minimum atomic E-state index is 1.05. The number of benzene rings is 22. The molecular formula is C124H86N4. The van der Waals surface area contributed by atoms with Crippen molar-refractivity contribution in [2.24, 2.45) is 0 Å². The van der Waals surface area contributed by atoms with E-state index in [2.05, 4.69) is 541 Å². The summed E-state index contributed by atoms with van der Waals surface area (Å²) in [6.45, 7) is 0. The van der Waals surface area contributed by atoms with E-state index in [1.165, 1.54) is 70.9 Å². The largest absolute Gasteiger partial charge is 0.311 e. The van der Waals surface area contributed by atoms with Crippen molar-refractivity contribution >= 4 is 111 Å². The number of fused-ring (bicyclic) bond motifs is 4. The highest BCUT2D eigenvalue weighted by Gasteiger charge is 2.24. The molecule has 0 aliphatic rings.